The van der Waals surface area contributed by atoms with Crippen molar-refractivity contribution in [3.05, 3.63) is 29.8 Å². The van der Waals surface area contributed by atoms with Crippen LogP contribution in [0.25, 0.3) is 0 Å². The Morgan fingerprint density at radius 3 is 2.75 bits per heavy atom. The lowest BCUT2D eigenvalue weighted by atomic mass is 10.2. The largest absolute Gasteiger partial charge is 0.356 e. The molecule has 6 nitrogen and oxygen atoms in total. The van der Waals surface area contributed by atoms with Crippen LogP contribution in [0.5, 0.6) is 0 Å². The molecule has 1 aliphatic rings. The van der Waals surface area contributed by atoms with Crippen LogP contribution in [0, 0.1) is 5.92 Å². The van der Waals surface area contributed by atoms with Crippen molar-refractivity contribution in [3.63, 3.8) is 0 Å². The van der Waals surface area contributed by atoms with Gasteiger partial charge in [0.1, 0.15) is 0 Å². The van der Waals surface area contributed by atoms with Gasteiger partial charge in [-0.05, 0) is 36.5 Å². The van der Waals surface area contributed by atoms with Crippen molar-refractivity contribution in [2.45, 2.75) is 24.3 Å². The molecule has 1 saturated carbocycles. The van der Waals surface area contributed by atoms with E-state index in [2.05, 4.69) is 15.6 Å². The third-order valence-electron chi connectivity index (χ3n) is 3.17. The van der Waals surface area contributed by atoms with Crippen molar-refractivity contribution in [1.82, 2.24) is 10.6 Å². The van der Waals surface area contributed by atoms with Gasteiger partial charge in [0.05, 0.1) is 4.90 Å². The lowest BCUT2D eigenvalue weighted by Crippen LogP contribution is -2.37. The van der Waals surface area contributed by atoms with E-state index in [0.29, 0.717) is 6.54 Å². The topological polar surface area (TPSA) is 96.6 Å². The Hall–Kier alpha value is -1.60. The second kappa shape index (κ2) is 6.23. The van der Waals surface area contributed by atoms with Gasteiger partial charge >= 0.3 is 0 Å². The van der Waals surface area contributed by atoms with E-state index in [9.17, 15) is 8.42 Å². The number of sulfonamides is 1. The molecule has 110 valence electrons. The van der Waals surface area contributed by atoms with E-state index in [0.717, 1.165) is 24.0 Å². The molecule has 2 rings (SSSR count). The van der Waals surface area contributed by atoms with Crippen molar-refractivity contribution in [2.24, 2.45) is 16.0 Å². The van der Waals surface area contributed by atoms with Crippen LogP contribution in [-0.2, 0) is 16.6 Å². The summed E-state index contributed by atoms with van der Waals surface area (Å²) in [6.45, 7) is 1.42. The molecule has 1 aromatic carbocycles. The van der Waals surface area contributed by atoms with Crippen LogP contribution in [0.2, 0.25) is 0 Å². The number of hydrogen-bond acceptors (Lipinski definition) is 3. The Balaban J connectivity index is 1.92. The van der Waals surface area contributed by atoms with Gasteiger partial charge < -0.3 is 10.6 Å². The van der Waals surface area contributed by atoms with E-state index in [1.165, 1.54) is 18.9 Å². The van der Waals surface area contributed by atoms with Crippen LogP contribution in [0.15, 0.2) is 34.2 Å². The number of nitrogens with zero attached hydrogens (tertiary/aromatic N) is 1. The molecular formula is C13H20N4O2S. The maximum absolute atomic E-state index is 11.3. The summed E-state index contributed by atoms with van der Waals surface area (Å²) < 4.78 is 22.6. The second-order valence-corrected chi connectivity index (χ2v) is 6.50. The number of hydrogen-bond donors (Lipinski definition) is 3. The fraction of sp³-hybridized carbons (Fsp3) is 0.462. The van der Waals surface area contributed by atoms with E-state index >= 15 is 0 Å². The molecule has 20 heavy (non-hydrogen) atoms. The van der Waals surface area contributed by atoms with Gasteiger partial charge in [0.2, 0.25) is 10.0 Å². The first-order chi connectivity index (χ1) is 9.49. The number of nitrogens with two attached hydrogens (primary N) is 1. The smallest absolute Gasteiger partial charge is 0.238 e. The zero-order valence-electron chi connectivity index (χ0n) is 11.5. The zero-order valence-corrected chi connectivity index (χ0v) is 12.3. The molecule has 1 aliphatic carbocycles. The van der Waals surface area contributed by atoms with Gasteiger partial charge in [0.25, 0.3) is 0 Å². The van der Waals surface area contributed by atoms with Gasteiger partial charge in [-0.2, -0.15) is 0 Å². The highest BCUT2D eigenvalue weighted by Crippen LogP contribution is 2.27. The fourth-order valence-electron chi connectivity index (χ4n) is 1.80. The summed E-state index contributed by atoms with van der Waals surface area (Å²) in [4.78, 5) is 4.25. The minimum Gasteiger partial charge on any atom is -0.356 e. The number of nitrogens with one attached hydrogen (secondary N) is 2. The van der Waals surface area contributed by atoms with Gasteiger partial charge in [-0.15, -0.1) is 0 Å². The highest BCUT2D eigenvalue weighted by atomic mass is 32.2. The molecule has 7 heteroatoms. The van der Waals surface area contributed by atoms with Crippen molar-refractivity contribution in [3.8, 4) is 0 Å². The number of primary sulfonamides is 1. The number of benzene rings is 1. The fourth-order valence-corrected chi connectivity index (χ4v) is 2.39. The summed E-state index contributed by atoms with van der Waals surface area (Å²) >= 11 is 0. The summed E-state index contributed by atoms with van der Waals surface area (Å²) in [5.41, 5.74) is 0.839. The minimum atomic E-state index is -3.66. The van der Waals surface area contributed by atoms with Gasteiger partial charge in [0, 0.05) is 20.1 Å². The summed E-state index contributed by atoms with van der Waals surface area (Å²) in [7, 11) is -1.94. The molecule has 0 atom stereocenters. The Kier molecular flexibility index (Phi) is 4.61. The molecule has 0 radical (unpaired) electrons. The van der Waals surface area contributed by atoms with Crippen molar-refractivity contribution in [1.29, 1.82) is 0 Å². The summed E-state index contributed by atoms with van der Waals surface area (Å²) in [5.74, 6) is 1.48. The SMILES string of the molecule is CN=C(NCc1cccc(S(N)(=O)=O)c1)NCC1CC1. The molecule has 0 unspecified atom stereocenters. The van der Waals surface area contributed by atoms with Crippen LogP contribution >= 0.6 is 0 Å². The van der Waals surface area contributed by atoms with Crippen molar-refractivity contribution in [2.75, 3.05) is 13.6 Å². The molecule has 0 bridgehead atoms. The zero-order chi connectivity index (χ0) is 14.6. The average molecular weight is 296 g/mol. The van der Waals surface area contributed by atoms with Crippen LogP contribution in [-0.4, -0.2) is 28.0 Å². The molecular weight excluding hydrogens is 276 g/mol. The predicted molar refractivity (Wildman–Crippen MR) is 78.7 cm³/mol. The molecule has 1 aromatic rings. The first-order valence-electron chi connectivity index (χ1n) is 6.55. The van der Waals surface area contributed by atoms with Crippen molar-refractivity contribution >= 4 is 16.0 Å². The van der Waals surface area contributed by atoms with Crippen LogP contribution in [0.3, 0.4) is 0 Å². The molecule has 0 amide bonds. The standard InChI is InChI=1S/C13H20N4O2S/c1-15-13(16-8-10-5-6-10)17-9-11-3-2-4-12(7-11)20(14,18)19/h2-4,7,10H,5-6,8-9H2,1H3,(H2,14,18,19)(H2,15,16,17). The Labute approximate surface area is 119 Å². The van der Waals surface area contributed by atoms with E-state index in [-0.39, 0.29) is 4.90 Å². The highest BCUT2D eigenvalue weighted by molar-refractivity contribution is 7.89. The Morgan fingerprint density at radius 2 is 2.15 bits per heavy atom. The Bertz CT molecular complexity index is 594. The average Bonchev–Trinajstić information content (AvgIpc) is 3.22. The quantitative estimate of drug-likeness (QED) is 0.541. The molecule has 1 fully saturated rings. The van der Waals surface area contributed by atoms with Crippen molar-refractivity contribution < 1.29 is 8.42 Å². The van der Waals surface area contributed by atoms with E-state index < -0.39 is 10.0 Å². The molecule has 0 aromatic heterocycles. The van der Waals surface area contributed by atoms with Gasteiger partial charge in [-0.1, -0.05) is 12.1 Å². The number of guanidine groups is 1. The van der Waals surface area contributed by atoms with Gasteiger partial charge in [0.15, 0.2) is 5.96 Å². The summed E-state index contributed by atoms with van der Waals surface area (Å²) in [6.07, 6.45) is 2.56. The van der Waals surface area contributed by atoms with Crippen LogP contribution in [0.4, 0.5) is 0 Å². The Morgan fingerprint density at radius 1 is 1.40 bits per heavy atom. The van der Waals surface area contributed by atoms with E-state index in [4.69, 9.17) is 5.14 Å². The molecule has 0 aliphatic heterocycles. The predicted octanol–water partition coefficient (Wildman–Crippen LogP) is 0.409. The van der Waals surface area contributed by atoms with E-state index in [1.807, 2.05) is 6.07 Å². The summed E-state index contributed by atoms with van der Waals surface area (Å²) in [6, 6.07) is 6.57. The molecule has 0 heterocycles. The summed E-state index contributed by atoms with van der Waals surface area (Å²) in [5, 5.41) is 11.5. The van der Waals surface area contributed by atoms with Crippen LogP contribution < -0.4 is 15.8 Å². The lowest BCUT2D eigenvalue weighted by molar-refractivity contribution is 0.597. The molecule has 0 spiro atoms. The number of aliphatic imine (C=N–C) groups is 1. The maximum Gasteiger partial charge on any atom is 0.238 e. The minimum absolute atomic E-state index is 0.123. The van der Waals surface area contributed by atoms with Crippen LogP contribution in [0.1, 0.15) is 18.4 Å². The third kappa shape index (κ3) is 4.50. The monoisotopic (exact) mass is 296 g/mol. The normalized spacial score (nSPS) is 16.0. The maximum atomic E-state index is 11.3. The lowest BCUT2D eigenvalue weighted by Gasteiger charge is -2.12. The molecule has 0 saturated heterocycles. The number of rotatable bonds is 5. The van der Waals surface area contributed by atoms with E-state index in [1.54, 1.807) is 19.2 Å². The third-order valence-corrected chi connectivity index (χ3v) is 4.08. The first-order valence-corrected chi connectivity index (χ1v) is 8.10. The van der Waals surface area contributed by atoms with Gasteiger partial charge in [-0.25, -0.2) is 13.6 Å². The highest BCUT2D eigenvalue weighted by Gasteiger charge is 2.21. The molecule has 4 N–H and O–H groups in total. The first kappa shape index (κ1) is 14.8. The second-order valence-electron chi connectivity index (χ2n) is 4.94. The van der Waals surface area contributed by atoms with Gasteiger partial charge in [-0.3, -0.25) is 4.99 Å².